The molecular formula is C21H21ClN2O2S. The lowest BCUT2D eigenvalue weighted by molar-refractivity contribution is 0.102. The third kappa shape index (κ3) is 4.79. The van der Waals surface area contributed by atoms with E-state index in [1.165, 1.54) is 11.8 Å². The molecule has 0 unspecified atom stereocenters. The molecule has 0 amide bonds. The van der Waals surface area contributed by atoms with E-state index in [0.29, 0.717) is 39.1 Å². The van der Waals surface area contributed by atoms with Crippen LogP contribution >= 0.6 is 23.4 Å². The van der Waals surface area contributed by atoms with E-state index < -0.39 is 0 Å². The van der Waals surface area contributed by atoms with Crippen molar-refractivity contribution in [3.63, 3.8) is 0 Å². The number of ketones is 1. The maximum atomic E-state index is 13.0. The van der Waals surface area contributed by atoms with Crippen LogP contribution in [0.2, 0.25) is 5.02 Å². The second kappa shape index (κ2) is 8.72. The molecule has 2 aromatic carbocycles. The first kappa shape index (κ1) is 19.6. The SMILES string of the molecule is CC(C)CCn1c(SCC(=O)c2ccccc2)nc2cc(Cl)ccc2c1=O. The quantitative estimate of drug-likeness (QED) is 0.315. The highest BCUT2D eigenvalue weighted by molar-refractivity contribution is 7.99. The number of rotatable bonds is 7. The number of aromatic nitrogens is 2. The van der Waals surface area contributed by atoms with Crippen molar-refractivity contribution in [1.29, 1.82) is 0 Å². The zero-order chi connectivity index (χ0) is 19.4. The zero-order valence-electron chi connectivity index (χ0n) is 15.3. The van der Waals surface area contributed by atoms with Gasteiger partial charge < -0.3 is 0 Å². The van der Waals surface area contributed by atoms with E-state index in [9.17, 15) is 9.59 Å². The Bertz CT molecular complexity index is 1020. The monoisotopic (exact) mass is 400 g/mol. The summed E-state index contributed by atoms with van der Waals surface area (Å²) in [5, 5.41) is 1.63. The lowest BCUT2D eigenvalue weighted by Gasteiger charge is -2.14. The van der Waals surface area contributed by atoms with Crippen LogP contribution in [0, 0.1) is 5.92 Å². The maximum absolute atomic E-state index is 13.0. The molecule has 1 heterocycles. The van der Waals surface area contributed by atoms with Crippen molar-refractivity contribution in [2.45, 2.75) is 32.0 Å². The van der Waals surface area contributed by atoms with E-state index in [4.69, 9.17) is 11.6 Å². The van der Waals surface area contributed by atoms with E-state index in [-0.39, 0.29) is 17.1 Å². The van der Waals surface area contributed by atoms with Crippen molar-refractivity contribution in [2.75, 3.05) is 5.75 Å². The first-order valence-corrected chi connectivity index (χ1v) is 10.2. The lowest BCUT2D eigenvalue weighted by Crippen LogP contribution is -2.24. The van der Waals surface area contributed by atoms with Crippen molar-refractivity contribution in [1.82, 2.24) is 9.55 Å². The van der Waals surface area contributed by atoms with Gasteiger partial charge in [-0.3, -0.25) is 14.2 Å². The minimum absolute atomic E-state index is 0.0106. The summed E-state index contributed by atoms with van der Waals surface area (Å²) in [5.74, 6) is 0.697. The van der Waals surface area contributed by atoms with Gasteiger partial charge in [-0.2, -0.15) is 0 Å². The van der Waals surface area contributed by atoms with Crippen LogP contribution in [0.25, 0.3) is 10.9 Å². The highest BCUT2D eigenvalue weighted by Gasteiger charge is 2.14. The van der Waals surface area contributed by atoms with Crippen LogP contribution in [0.4, 0.5) is 0 Å². The fourth-order valence-electron chi connectivity index (χ4n) is 2.71. The Labute approximate surface area is 167 Å². The molecule has 0 saturated carbocycles. The van der Waals surface area contributed by atoms with E-state index in [0.717, 1.165) is 6.42 Å². The van der Waals surface area contributed by atoms with Gasteiger partial charge in [0.05, 0.1) is 16.7 Å². The van der Waals surface area contributed by atoms with Crippen molar-refractivity contribution in [3.8, 4) is 0 Å². The van der Waals surface area contributed by atoms with Crippen LogP contribution in [0.1, 0.15) is 30.6 Å². The Morgan fingerprint density at radius 1 is 1.19 bits per heavy atom. The van der Waals surface area contributed by atoms with Gasteiger partial charge >= 0.3 is 0 Å². The molecule has 27 heavy (non-hydrogen) atoms. The van der Waals surface area contributed by atoms with Crippen LogP contribution < -0.4 is 5.56 Å². The number of hydrogen-bond donors (Lipinski definition) is 0. The molecule has 3 rings (SSSR count). The maximum Gasteiger partial charge on any atom is 0.262 e. The molecule has 4 nitrogen and oxygen atoms in total. The molecule has 0 bridgehead atoms. The number of nitrogens with zero attached hydrogens (tertiary/aromatic N) is 2. The summed E-state index contributed by atoms with van der Waals surface area (Å²) in [6.07, 6.45) is 0.862. The minimum atomic E-state index is -0.0908. The summed E-state index contributed by atoms with van der Waals surface area (Å²) in [5.41, 5.74) is 1.12. The molecule has 140 valence electrons. The number of fused-ring (bicyclic) bond motifs is 1. The third-order valence-electron chi connectivity index (χ3n) is 4.24. The molecule has 1 aromatic heterocycles. The topological polar surface area (TPSA) is 52.0 Å². The zero-order valence-corrected chi connectivity index (χ0v) is 16.9. The molecular weight excluding hydrogens is 380 g/mol. The average Bonchev–Trinajstić information content (AvgIpc) is 2.65. The number of hydrogen-bond acceptors (Lipinski definition) is 4. The van der Waals surface area contributed by atoms with E-state index in [2.05, 4.69) is 18.8 Å². The molecule has 0 fully saturated rings. The van der Waals surface area contributed by atoms with Crippen LogP contribution in [0.5, 0.6) is 0 Å². The van der Waals surface area contributed by atoms with Crippen LogP contribution in [0.15, 0.2) is 58.5 Å². The summed E-state index contributed by atoms with van der Waals surface area (Å²) in [7, 11) is 0. The van der Waals surface area contributed by atoms with Crippen molar-refractivity contribution in [2.24, 2.45) is 5.92 Å². The molecule has 0 radical (unpaired) electrons. The highest BCUT2D eigenvalue weighted by atomic mass is 35.5. The minimum Gasteiger partial charge on any atom is -0.293 e. The molecule has 0 spiro atoms. The second-order valence-corrected chi connectivity index (χ2v) is 8.15. The number of carbonyl (C=O) groups excluding carboxylic acids is 1. The first-order valence-electron chi connectivity index (χ1n) is 8.87. The van der Waals surface area contributed by atoms with Gasteiger partial charge in [-0.05, 0) is 30.5 Å². The van der Waals surface area contributed by atoms with Gasteiger partial charge in [-0.25, -0.2) is 4.98 Å². The number of benzene rings is 2. The molecule has 0 aliphatic heterocycles. The normalized spacial score (nSPS) is 11.3. The van der Waals surface area contributed by atoms with Gasteiger partial charge in [0.2, 0.25) is 0 Å². The van der Waals surface area contributed by atoms with Gasteiger partial charge in [-0.15, -0.1) is 0 Å². The van der Waals surface area contributed by atoms with Crippen LogP contribution in [-0.4, -0.2) is 21.1 Å². The third-order valence-corrected chi connectivity index (χ3v) is 5.45. The average molecular weight is 401 g/mol. The standard InChI is InChI=1S/C21H21ClN2O2S/c1-14(2)10-11-24-20(26)17-9-8-16(22)12-18(17)23-21(24)27-13-19(25)15-6-4-3-5-7-15/h3-9,12,14H,10-11,13H2,1-2H3. The van der Waals surface area contributed by atoms with Gasteiger partial charge in [0, 0.05) is 17.1 Å². The van der Waals surface area contributed by atoms with Crippen molar-refractivity contribution in [3.05, 3.63) is 69.5 Å². The summed E-state index contributed by atoms with van der Waals surface area (Å²) in [4.78, 5) is 30.0. The lowest BCUT2D eigenvalue weighted by atomic mass is 10.1. The van der Waals surface area contributed by atoms with Crippen molar-refractivity contribution < 1.29 is 4.79 Å². The predicted octanol–water partition coefficient (Wildman–Crippen LogP) is 5.07. The Morgan fingerprint density at radius 2 is 1.93 bits per heavy atom. The summed E-state index contributed by atoms with van der Waals surface area (Å²) in [6.45, 7) is 4.81. The molecule has 3 aromatic rings. The first-order chi connectivity index (χ1) is 13.0. The summed E-state index contributed by atoms with van der Waals surface area (Å²) < 4.78 is 1.68. The predicted molar refractivity (Wildman–Crippen MR) is 112 cm³/mol. The van der Waals surface area contributed by atoms with Crippen molar-refractivity contribution >= 4 is 40.0 Å². The van der Waals surface area contributed by atoms with E-state index in [1.807, 2.05) is 18.2 Å². The number of carbonyl (C=O) groups is 1. The van der Waals surface area contributed by atoms with E-state index >= 15 is 0 Å². The Kier molecular flexibility index (Phi) is 6.34. The Hall–Kier alpha value is -2.11. The van der Waals surface area contributed by atoms with E-state index in [1.54, 1.807) is 34.9 Å². The van der Waals surface area contributed by atoms with Crippen LogP contribution in [-0.2, 0) is 6.54 Å². The molecule has 0 saturated heterocycles. The van der Waals surface area contributed by atoms with Gasteiger partial charge in [-0.1, -0.05) is 67.5 Å². The molecule has 0 N–H and O–H groups in total. The van der Waals surface area contributed by atoms with Crippen LogP contribution in [0.3, 0.4) is 0 Å². The molecule has 6 heteroatoms. The number of Topliss-reactive ketones (excluding diaryl/α,β-unsaturated/α-hetero) is 1. The molecule has 0 aliphatic rings. The summed E-state index contributed by atoms with van der Waals surface area (Å²) in [6, 6.07) is 14.2. The fraction of sp³-hybridized carbons (Fsp3) is 0.286. The van der Waals surface area contributed by atoms with Gasteiger partial charge in [0.15, 0.2) is 10.9 Å². The molecule has 0 aliphatic carbocycles. The Balaban J connectivity index is 1.94. The van der Waals surface area contributed by atoms with Gasteiger partial charge in [0.1, 0.15) is 0 Å². The fourth-order valence-corrected chi connectivity index (χ4v) is 3.79. The summed E-state index contributed by atoms with van der Waals surface area (Å²) >= 11 is 7.36. The Morgan fingerprint density at radius 3 is 2.63 bits per heavy atom. The smallest absolute Gasteiger partial charge is 0.262 e. The number of halogens is 1. The largest absolute Gasteiger partial charge is 0.293 e. The highest BCUT2D eigenvalue weighted by Crippen LogP contribution is 2.22. The van der Waals surface area contributed by atoms with Gasteiger partial charge in [0.25, 0.3) is 5.56 Å². The number of thioether (sulfide) groups is 1. The second-order valence-electron chi connectivity index (χ2n) is 6.77. The molecule has 0 atom stereocenters.